The van der Waals surface area contributed by atoms with Crippen molar-refractivity contribution in [3.63, 3.8) is 0 Å². The van der Waals surface area contributed by atoms with E-state index in [2.05, 4.69) is 17.4 Å². The summed E-state index contributed by atoms with van der Waals surface area (Å²) in [5.41, 5.74) is 2.37. The third-order valence-corrected chi connectivity index (χ3v) is 11.1. The van der Waals surface area contributed by atoms with Crippen LogP contribution in [0.1, 0.15) is 56.6 Å². The van der Waals surface area contributed by atoms with Crippen molar-refractivity contribution in [1.82, 2.24) is 10.2 Å². The number of nitrogens with zero attached hydrogens (tertiary/aromatic N) is 2. The first-order valence-electron chi connectivity index (χ1n) is 13.9. The predicted molar refractivity (Wildman–Crippen MR) is 159 cm³/mol. The van der Waals surface area contributed by atoms with Gasteiger partial charge in [-0.15, -0.1) is 0 Å². The van der Waals surface area contributed by atoms with Gasteiger partial charge in [-0.3, -0.25) is 13.9 Å². The molecular weight excluding hydrogens is 569 g/mol. The zero-order chi connectivity index (χ0) is 28.8. The Balaban J connectivity index is 1.41. The van der Waals surface area contributed by atoms with Crippen LogP contribution < -0.4 is 9.62 Å². The van der Waals surface area contributed by atoms with Gasteiger partial charge in [-0.1, -0.05) is 41.4 Å². The summed E-state index contributed by atoms with van der Waals surface area (Å²) in [6, 6.07) is 11.9. The highest BCUT2D eigenvalue weighted by atomic mass is 35.5. The molecule has 4 aliphatic rings. The van der Waals surface area contributed by atoms with Gasteiger partial charge in [0.1, 0.15) is 12.6 Å². The van der Waals surface area contributed by atoms with Gasteiger partial charge in [-0.2, -0.15) is 0 Å². The average Bonchev–Trinajstić information content (AvgIpc) is 2.89. The van der Waals surface area contributed by atoms with Crippen molar-refractivity contribution in [3.8, 4) is 0 Å². The normalized spacial score (nSPS) is 25.9. The van der Waals surface area contributed by atoms with Gasteiger partial charge in [0.15, 0.2) is 0 Å². The van der Waals surface area contributed by atoms with Gasteiger partial charge in [0.25, 0.3) is 0 Å². The van der Waals surface area contributed by atoms with Crippen LogP contribution in [0.3, 0.4) is 0 Å². The van der Waals surface area contributed by atoms with Crippen molar-refractivity contribution in [3.05, 3.63) is 63.6 Å². The Morgan fingerprint density at radius 2 is 1.50 bits per heavy atom. The van der Waals surface area contributed by atoms with Gasteiger partial charge < -0.3 is 10.2 Å². The zero-order valence-electron chi connectivity index (χ0n) is 23.2. The van der Waals surface area contributed by atoms with Crippen molar-refractivity contribution in [1.29, 1.82) is 0 Å². The van der Waals surface area contributed by atoms with Crippen LogP contribution in [0.2, 0.25) is 10.0 Å². The summed E-state index contributed by atoms with van der Waals surface area (Å²) in [4.78, 5) is 27.6. The fourth-order valence-electron chi connectivity index (χ4n) is 7.70. The van der Waals surface area contributed by atoms with E-state index in [4.69, 9.17) is 23.2 Å². The number of benzene rings is 2. The fraction of sp³-hybridized carbons (Fsp3) is 0.533. The quantitative estimate of drug-likeness (QED) is 0.415. The molecule has 0 heterocycles. The number of sulfonamides is 1. The molecule has 7 nitrogen and oxygen atoms in total. The number of halogens is 2. The second kappa shape index (κ2) is 11.2. The van der Waals surface area contributed by atoms with Crippen LogP contribution in [0.5, 0.6) is 0 Å². The topological polar surface area (TPSA) is 86.8 Å². The molecule has 6 rings (SSSR count). The first-order chi connectivity index (χ1) is 18.9. The molecule has 2 amide bonds. The maximum atomic E-state index is 13.7. The molecular formula is C30H37Cl2N3O4S. The van der Waals surface area contributed by atoms with E-state index in [1.54, 1.807) is 25.1 Å². The zero-order valence-corrected chi connectivity index (χ0v) is 25.5. The molecule has 2 aromatic carbocycles. The van der Waals surface area contributed by atoms with Crippen LogP contribution >= 0.6 is 23.2 Å². The molecule has 0 aliphatic heterocycles. The summed E-state index contributed by atoms with van der Waals surface area (Å²) in [6.07, 6.45) is 8.78. The van der Waals surface area contributed by atoms with E-state index in [9.17, 15) is 18.0 Å². The molecule has 0 spiro atoms. The Bertz CT molecular complexity index is 1340. The van der Waals surface area contributed by atoms with Crippen molar-refractivity contribution >= 4 is 50.7 Å². The summed E-state index contributed by atoms with van der Waals surface area (Å²) in [5.74, 6) is 1.48. The minimum atomic E-state index is -3.81. The fourth-order valence-corrected chi connectivity index (χ4v) is 9.07. The van der Waals surface area contributed by atoms with Gasteiger partial charge in [-0.05, 0) is 98.4 Å². The van der Waals surface area contributed by atoms with Gasteiger partial charge in [-0.25, -0.2) is 8.42 Å². The van der Waals surface area contributed by atoms with Crippen molar-refractivity contribution in [2.24, 2.45) is 17.8 Å². The number of rotatable bonds is 9. The number of carbonyl (C=O) groups is 2. The average molecular weight is 607 g/mol. The standard InChI is InChI=1S/C30H37Cl2N3O4S/c1-19(29(37)33-2)34(17-25-26(31)5-4-6-27(25)32)28(36)18-35(40(3,38)39)24-9-7-23(8-10-24)30-14-20-11-21(15-30)13-22(12-20)16-30/h4-10,19-22H,11-18H2,1-3H3,(H,33,37)/t19-,20?,21?,22?,30?/m0/s1. The molecule has 2 aromatic rings. The Kier molecular flexibility index (Phi) is 8.16. The van der Waals surface area contributed by atoms with Crippen molar-refractivity contribution in [2.75, 3.05) is 24.2 Å². The highest BCUT2D eigenvalue weighted by Gasteiger charge is 2.51. The molecule has 0 aromatic heterocycles. The molecule has 0 saturated heterocycles. The maximum absolute atomic E-state index is 13.7. The largest absolute Gasteiger partial charge is 0.357 e. The van der Waals surface area contributed by atoms with E-state index < -0.39 is 28.5 Å². The summed E-state index contributed by atoms with van der Waals surface area (Å²) in [5, 5.41) is 3.27. The third kappa shape index (κ3) is 5.72. The van der Waals surface area contributed by atoms with Gasteiger partial charge in [0.05, 0.1) is 11.9 Å². The molecule has 10 heteroatoms. The smallest absolute Gasteiger partial charge is 0.244 e. The van der Waals surface area contributed by atoms with Crippen LogP contribution in [0.25, 0.3) is 0 Å². The number of likely N-dealkylation sites (N-methyl/N-ethyl adjacent to an activating group) is 1. The third-order valence-electron chi connectivity index (χ3n) is 9.29. The molecule has 1 atom stereocenters. The van der Waals surface area contributed by atoms with Gasteiger partial charge >= 0.3 is 0 Å². The first kappa shape index (κ1) is 29.2. The minimum absolute atomic E-state index is 0.0471. The number of nitrogens with one attached hydrogen (secondary N) is 1. The molecule has 0 radical (unpaired) electrons. The second-order valence-corrected chi connectivity index (χ2v) is 14.7. The van der Waals surface area contributed by atoms with Crippen LogP contribution in [0.15, 0.2) is 42.5 Å². The second-order valence-electron chi connectivity index (χ2n) is 12.0. The lowest BCUT2D eigenvalue weighted by Crippen LogP contribution is -2.50. The van der Waals surface area contributed by atoms with E-state index in [0.717, 1.165) is 28.3 Å². The van der Waals surface area contributed by atoms with Crippen LogP contribution in [0.4, 0.5) is 5.69 Å². The summed E-state index contributed by atoms with van der Waals surface area (Å²) in [7, 11) is -2.33. The Hall–Kier alpha value is -2.29. The SMILES string of the molecule is CNC(=O)[C@H](C)N(Cc1c(Cl)cccc1Cl)C(=O)CN(c1ccc(C23CC4CC(CC(C4)C2)C3)cc1)S(C)(=O)=O. The van der Waals surface area contributed by atoms with Crippen LogP contribution in [-0.2, 0) is 31.6 Å². The van der Waals surface area contributed by atoms with Crippen LogP contribution in [-0.4, -0.2) is 51.0 Å². The highest BCUT2D eigenvalue weighted by Crippen LogP contribution is 2.60. The number of hydrogen-bond acceptors (Lipinski definition) is 4. The van der Waals surface area contributed by atoms with Crippen molar-refractivity contribution < 1.29 is 18.0 Å². The van der Waals surface area contributed by atoms with Crippen LogP contribution in [0, 0.1) is 17.8 Å². The molecule has 1 N–H and O–H groups in total. The van der Waals surface area contributed by atoms with E-state index in [1.165, 1.54) is 56.0 Å². The molecule has 4 bridgehead atoms. The predicted octanol–water partition coefficient (Wildman–Crippen LogP) is 5.39. The summed E-state index contributed by atoms with van der Waals surface area (Å²) < 4.78 is 27.0. The number of amides is 2. The molecule has 4 aliphatic carbocycles. The molecule has 4 saturated carbocycles. The lowest BCUT2D eigenvalue weighted by Gasteiger charge is -2.57. The highest BCUT2D eigenvalue weighted by molar-refractivity contribution is 7.92. The summed E-state index contributed by atoms with van der Waals surface area (Å²) in [6.45, 7) is 1.08. The lowest BCUT2D eigenvalue weighted by molar-refractivity contribution is -0.139. The van der Waals surface area contributed by atoms with E-state index >= 15 is 0 Å². The molecule has 216 valence electrons. The Labute approximate surface area is 247 Å². The first-order valence-corrected chi connectivity index (χ1v) is 16.5. The molecule has 0 unspecified atom stereocenters. The summed E-state index contributed by atoms with van der Waals surface area (Å²) >= 11 is 12.7. The van der Waals surface area contributed by atoms with E-state index in [0.29, 0.717) is 21.3 Å². The Morgan fingerprint density at radius 1 is 0.975 bits per heavy atom. The van der Waals surface area contributed by atoms with Gasteiger partial charge in [0, 0.05) is 29.2 Å². The van der Waals surface area contributed by atoms with Crippen molar-refractivity contribution in [2.45, 2.75) is 63.5 Å². The van der Waals surface area contributed by atoms with E-state index in [1.807, 2.05) is 12.1 Å². The molecule has 40 heavy (non-hydrogen) atoms. The maximum Gasteiger partial charge on any atom is 0.244 e. The van der Waals surface area contributed by atoms with E-state index in [-0.39, 0.29) is 17.9 Å². The monoisotopic (exact) mass is 605 g/mol. The number of carbonyl (C=O) groups excluding carboxylic acids is 2. The lowest BCUT2D eigenvalue weighted by atomic mass is 9.48. The molecule has 4 fully saturated rings. The Morgan fingerprint density at radius 3 is 1.98 bits per heavy atom. The van der Waals surface area contributed by atoms with Gasteiger partial charge in [0.2, 0.25) is 21.8 Å². The number of anilines is 1. The number of hydrogen-bond donors (Lipinski definition) is 1. The minimum Gasteiger partial charge on any atom is -0.357 e.